The van der Waals surface area contributed by atoms with Crippen LogP contribution in [0.3, 0.4) is 0 Å². The summed E-state index contributed by atoms with van der Waals surface area (Å²) in [5, 5.41) is 8.67. The van der Waals surface area contributed by atoms with E-state index < -0.39 is 5.97 Å². The summed E-state index contributed by atoms with van der Waals surface area (Å²) in [6.45, 7) is 2.25. The number of unbranched alkanes of at least 4 members (excludes halogenated alkanes) is 7. The van der Waals surface area contributed by atoms with Crippen LogP contribution in [0.25, 0.3) is 0 Å². The highest BCUT2D eigenvalue weighted by Crippen LogP contribution is 2.42. The molecule has 2 fully saturated rings. The van der Waals surface area contributed by atoms with Crippen LogP contribution in [-0.4, -0.2) is 23.2 Å². The van der Waals surface area contributed by atoms with Crippen LogP contribution in [0.4, 0.5) is 0 Å². The summed E-state index contributed by atoms with van der Waals surface area (Å²) in [5.74, 6) is 0.586. The Kier molecular flexibility index (Phi) is 8.82. The van der Waals surface area contributed by atoms with Crippen molar-refractivity contribution in [1.29, 1.82) is 0 Å². The number of carboxylic acid groups (broad SMARTS) is 1. The molecule has 0 unspecified atom stereocenters. The van der Waals surface area contributed by atoms with Crippen LogP contribution < -0.4 is 5.48 Å². The van der Waals surface area contributed by atoms with Crippen LogP contribution in [0.2, 0.25) is 0 Å². The van der Waals surface area contributed by atoms with E-state index in [4.69, 9.17) is 9.94 Å². The summed E-state index contributed by atoms with van der Waals surface area (Å²) in [6.07, 6.45) is 18.6. The van der Waals surface area contributed by atoms with Crippen LogP contribution in [0.5, 0.6) is 0 Å². The van der Waals surface area contributed by atoms with Crippen molar-refractivity contribution in [2.24, 2.45) is 11.8 Å². The summed E-state index contributed by atoms with van der Waals surface area (Å²) in [4.78, 5) is 16.2. The van der Waals surface area contributed by atoms with Crippen molar-refractivity contribution < 1.29 is 14.7 Å². The van der Waals surface area contributed by atoms with Gasteiger partial charge in [0, 0.05) is 12.5 Å². The fourth-order valence-corrected chi connectivity index (χ4v) is 4.17. The number of nitrogens with one attached hydrogen (secondary N) is 1. The Morgan fingerprint density at radius 3 is 2.75 bits per heavy atom. The van der Waals surface area contributed by atoms with Crippen molar-refractivity contribution >= 4 is 5.97 Å². The molecule has 1 aliphatic heterocycles. The lowest BCUT2D eigenvalue weighted by Crippen LogP contribution is -2.37. The van der Waals surface area contributed by atoms with E-state index in [0.29, 0.717) is 30.4 Å². The normalized spacial score (nSPS) is 28.9. The van der Waals surface area contributed by atoms with Gasteiger partial charge in [0.1, 0.15) is 0 Å². The maximum atomic E-state index is 10.5. The fraction of sp³-hybridized carbons (Fsp3) is 0.850. The molecule has 0 aromatic heterocycles. The average molecular weight is 338 g/mol. The lowest BCUT2D eigenvalue weighted by Gasteiger charge is -2.29. The largest absolute Gasteiger partial charge is 0.481 e. The topological polar surface area (TPSA) is 58.6 Å². The summed E-state index contributed by atoms with van der Waals surface area (Å²) < 4.78 is 0. The van der Waals surface area contributed by atoms with Crippen LogP contribution in [0.15, 0.2) is 12.2 Å². The van der Waals surface area contributed by atoms with Crippen molar-refractivity contribution in [1.82, 2.24) is 5.48 Å². The third kappa shape index (κ3) is 6.21. The minimum atomic E-state index is -0.674. The van der Waals surface area contributed by atoms with E-state index >= 15 is 0 Å². The first kappa shape index (κ1) is 19.5. The predicted octanol–water partition coefficient (Wildman–Crippen LogP) is 4.85. The third-order valence-electron chi connectivity index (χ3n) is 5.55. The molecule has 1 saturated heterocycles. The molecule has 2 bridgehead atoms. The maximum absolute atomic E-state index is 10.5. The Balaban J connectivity index is 1.65. The molecule has 1 heterocycles. The molecule has 0 radical (unpaired) electrons. The molecule has 4 heteroatoms. The lowest BCUT2D eigenvalue weighted by atomic mass is 9.87. The highest BCUT2D eigenvalue weighted by molar-refractivity contribution is 5.66. The van der Waals surface area contributed by atoms with Gasteiger partial charge in [-0.25, -0.2) is 0 Å². The molecule has 1 saturated carbocycles. The molecule has 1 aliphatic carbocycles. The van der Waals surface area contributed by atoms with Crippen LogP contribution in [0.1, 0.15) is 84.0 Å². The second-order valence-electron chi connectivity index (χ2n) is 7.48. The first-order valence-corrected chi connectivity index (χ1v) is 10.0. The minimum absolute atomic E-state index is 0.310. The molecule has 0 spiro atoms. The Morgan fingerprint density at radius 2 is 1.96 bits per heavy atom. The SMILES string of the molecule is CCCCCC/C=C/[C@@H]1[C@@H](CCCCCCC(=O)O)[C@@H]2C[C@H]1NO2. The number of hydrogen-bond acceptors (Lipinski definition) is 3. The Morgan fingerprint density at radius 1 is 1.17 bits per heavy atom. The van der Waals surface area contributed by atoms with E-state index in [2.05, 4.69) is 24.6 Å². The van der Waals surface area contributed by atoms with Gasteiger partial charge in [-0.2, -0.15) is 5.48 Å². The maximum Gasteiger partial charge on any atom is 0.303 e. The van der Waals surface area contributed by atoms with Crippen LogP contribution >= 0.6 is 0 Å². The first-order chi connectivity index (χ1) is 11.7. The van der Waals surface area contributed by atoms with E-state index in [1.165, 1.54) is 44.9 Å². The Hall–Kier alpha value is -0.870. The van der Waals surface area contributed by atoms with Gasteiger partial charge in [0.25, 0.3) is 0 Å². The Labute approximate surface area is 147 Å². The number of hydroxylamine groups is 1. The second-order valence-corrected chi connectivity index (χ2v) is 7.48. The van der Waals surface area contributed by atoms with E-state index in [0.717, 1.165) is 25.7 Å². The second kappa shape index (κ2) is 10.9. The zero-order valence-electron chi connectivity index (χ0n) is 15.2. The molecule has 4 nitrogen and oxygen atoms in total. The molecule has 0 aromatic rings. The van der Waals surface area contributed by atoms with Gasteiger partial charge in [-0.15, -0.1) is 0 Å². The molecule has 4 atom stereocenters. The monoisotopic (exact) mass is 337 g/mol. The molecule has 2 N–H and O–H groups in total. The van der Waals surface area contributed by atoms with Gasteiger partial charge in [-0.1, -0.05) is 57.6 Å². The summed E-state index contributed by atoms with van der Waals surface area (Å²) in [7, 11) is 0. The Bertz CT molecular complexity index is 396. The quantitative estimate of drug-likeness (QED) is 0.373. The number of hydrogen-bond donors (Lipinski definition) is 2. The van der Waals surface area contributed by atoms with Crippen molar-refractivity contribution in [2.75, 3.05) is 0 Å². The number of carbonyl (C=O) groups is 1. The zero-order valence-corrected chi connectivity index (χ0v) is 15.2. The summed E-state index contributed by atoms with van der Waals surface area (Å²) in [5.41, 5.74) is 3.20. The number of rotatable bonds is 13. The van der Waals surface area contributed by atoms with Gasteiger partial charge < -0.3 is 5.11 Å². The van der Waals surface area contributed by atoms with Crippen molar-refractivity contribution in [3.8, 4) is 0 Å². The van der Waals surface area contributed by atoms with Crippen LogP contribution in [-0.2, 0) is 9.63 Å². The van der Waals surface area contributed by atoms with Gasteiger partial charge in [-0.05, 0) is 43.9 Å². The smallest absolute Gasteiger partial charge is 0.303 e. The minimum Gasteiger partial charge on any atom is -0.481 e. The van der Waals surface area contributed by atoms with Crippen molar-refractivity contribution in [3.05, 3.63) is 12.2 Å². The molecular formula is C20H35NO3. The lowest BCUT2D eigenvalue weighted by molar-refractivity contribution is -0.137. The van der Waals surface area contributed by atoms with Gasteiger partial charge in [0.15, 0.2) is 0 Å². The van der Waals surface area contributed by atoms with Gasteiger partial charge in [-0.3, -0.25) is 9.63 Å². The van der Waals surface area contributed by atoms with Crippen molar-refractivity contribution in [3.63, 3.8) is 0 Å². The highest BCUT2D eigenvalue weighted by Gasteiger charge is 2.47. The first-order valence-electron chi connectivity index (χ1n) is 10.0. The molecule has 24 heavy (non-hydrogen) atoms. The molecule has 138 valence electrons. The van der Waals surface area contributed by atoms with Crippen LogP contribution in [0, 0.1) is 11.8 Å². The molecule has 2 aliphatic rings. The molecule has 2 rings (SSSR count). The summed E-state index contributed by atoms with van der Waals surface area (Å²) in [6, 6.07) is 0.499. The number of fused-ring (bicyclic) bond motifs is 2. The molecule has 0 aromatic carbocycles. The van der Waals surface area contributed by atoms with Gasteiger partial charge in [0.2, 0.25) is 0 Å². The van der Waals surface area contributed by atoms with Crippen molar-refractivity contribution in [2.45, 2.75) is 96.1 Å². The predicted molar refractivity (Wildman–Crippen MR) is 96.6 cm³/mol. The van der Waals surface area contributed by atoms with E-state index in [9.17, 15) is 4.79 Å². The highest BCUT2D eigenvalue weighted by atomic mass is 16.7. The number of aliphatic carboxylic acids is 1. The fourth-order valence-electron chi connectivity index (χ4n) is 4.17. The zero-order chi connectivity index (χ0) is 17.2. The van der Waals surface area contributed by atoms with E-state index in [1.54, 1.807) is 0 Å². The van der Waals surface area contributed by atoms with E-state index in [1.807, 2.05) is 0 Å². The van der Waals surface area contributed by atoms with Gasteiger partial charge in [0.05, 0.1) is 6.10 Å². The standard InChI is InChI=1S/C20H35NO3/c1-2-3-4-5-6-9-12-16-17(19-15-18(16)21-24-19)13-10-7-8-11-14-20(22)23/h9,12,16-19,21H,2-8,10-11,13-15H2,1H3,(H,22,23)/b12-9+/t16-,17-,18-,19+/m1/s1. The average Bonchev–Trinajstić information content (AvgIpc) is 3.15. The van der Waals surface area contributed by atoms with Gasteiger partial charge >= 0.3 is 5.97 Å². The number of allylic oxidation sites excluding steroid dienone is 1. The number of carboxylic acids is 1. The van der Waals surface area contributed by atoms with E-state index in [-0.39, 0.29) is 0 Å². The molecule has 0 amide bonds. The third-order valence-corrected chi connectivity index (χ3v) is 5.55. The summed E-state index contributed by atoms with van der Waals surface area (Å²) >= 11 is 0. The molecular weight excluding hydrogens is 302 g/mol.